The Hall–Kier alpha value is -1.46. The number of benzene rings is 2. The SMILES string of the molecule is Clc1cccc(C#CCCN2CCC(Cc3ccccc3)CC2)c1Cl. The van der Waals surface area contributed by atoms with Crippen molar-refractivity contribution in [1.82, 2.24) is 4.90 Å². The zero-order chi connectivity index (χ0) is 17.5. The van der Waals surface area contributed by atoms with E-state index in [0.717, 1.165) is 24.4 Å². The van der Waals surface area contributed by atoms with Gasteiger partial charge in [0.15, 0.2) is 0 Å². The van der Waals surface area contributed by atoms with E-state index < -0.39 is 0 Å². The first-order valence-electron chi connectivity index (χ1n) is 8.91. The smallest absolute Gasteiger partial charge is 0.0748 e. The molecule has 1 aliphatic rings. The van der Waals surface area contributed by atoms with Gasteiger partial charge in [-0.15, -0.1) is 0 Å². The van der Waals surface area contributed by atoms with Crippen LogP contribution in [0.4, 0.5) is 0 Å². The largest absolute Gasteiger partial charge is 0.302 e. The van der Waals surface area contributed by atoms with Gasteiger partial charge in [-0.2, -0.15) is 0 Å². The lowest BCUT2D eigenvalue weighted by Gasteiger charge is -2.31. The van der Waals surface area contributed by atoms with Crippen LogP contribution in [0.2, 0.25) is 10.0 Å². The molecular formula is C22H23Cl2N. The van der Waals surface area contributed by atoms with Crippen molar-refractivity contribution in [3.05, 3.63) is 69.7 Å². The molecule has 0 amide bonds. The van der Waals surface area contributed by atoms with Crippen molar-refractivity contribution in [2.75, 3.05) is 19.6 Å². The third-order valence-corrected chi connectivity index (χ3v) is 5.62. The molecule has 0 spiro atoms. The molecule has 0 N–H and O–H groups in total. The van der Waals surface area contributed by atoms with Gasteiger partial charge in [-0.1, -0.05) is 71.4 Å². The third kappa shape index (κ3) is 5.51. The molecule has 1 saturated heterocycles. The Bertz CT molecular complexity index is 738. The predicted octanol–water partition coefficient (Wildman–Crippen LogP) is 5.69. The molecule has 0 atom stereocenters. The number of hydrogen-bond acceptors (Lipinski definition) is 1. The number of hydrogen-bond donors (Lipinski definition) is 0. The quantitative estimate of drug-likeness (QED) is 0.623. The van der Waals surface area contributed by atoms with Crippen molar-refractivity contribution in [1.29, 1.82) is 0 Å². The van der Waals surface area contributed by atoms with Gasteiger partial charge in [0.1, 0.15) is 0 Å². The molecule has 0 saturated carbocycles. The fraction of sp³-hybridized carbons (Fsp3) is 0.364. The summed E-state index contributed by atoms with van der Waals surface area (Å²) in [5.74, 6) is 7.19. The lowest BCUT2D eigenvalue weighted by Crippen LogP contribution is -2.34. The van der Waals surface area contributed by atoms with Crippen molar-refractivity contribution in [2.24, 2.45) is 5.92 Å². The van der Waals surface area contributed by atoms with E-state index in [-0.39, 0.29) is 0 Å². The van der Waals surface area contributed by atoms with Gasteiger partial charge in [0.2, 0.25) is 0 Å². The van der Waals surface area contributed by atoms with Crippen LogP contribution >= 0.6 is 23.2 Å². The van der Waals surface area contributed by atoms with E-state index in [2.05, 4.69) is 47.1 Å². The van der Waals surface area contributed by atoms with Gasteiger partial charge < -0.3 is 4.90 Å². The van der Waals surface area contributed by atoms with Gasteiger partial charge in [0, 0.05) is 18.5 Å². The van der Waals surface area contributed by atoms with E-state index in [1.165, 1.54) is 37.9 Å². The second-order valence-electron chi connectivity index (χ2n) is 6.63. The Labute approximate surface area is 160 Å². The molecule has 1 aliphatic heterocycles. The third-order valence-electron chi connectivity index (χ3n) is 4.80. The number of rotatable bonds is 4. The minimum atomic E-state index is 0.554. The topological polar surface area (TPSA) is 3.24 Å². The zero-order valence-electron chi connectivity index (χ0n) is 14.3. The van der Waals surface area contributed by atoms with Crippen LogP contribution in [0.5, 0.6) is 0 Å². The average Bonchev–Trinajstić information content (AvgIpc) is 2.64. The molecule has 0 aliphatic carbocycles. The summed E-state index contributed by atoms with van der Waals surface area (Å²) in [6, 6.07) is 16.4. The highest BCUT2D eigenvalue weighted by Crippen LogP contribution is 2.25. The molecule has 0 radical (unpaired) electrons. The summed E-state index contributed by atoms with van der Waals surface area (Å²) in [7, 11) is 0. The predicted molar refractivity (Wildman–Crippen MR) is 107 cm³/mol. The Balaban J connectivity index is 1.41. The summed E-state index contributed by atoms with van der Waals surface area (Å²) in [4.78, 5) is 2.52. The first-order valence-corrected chi connectivity index (χ1v) is 9.67. The molecular weight excluding hydrogens is 349 g/mol. The average molecular weight is 372 g/mol. The number of likely N-dealkylation sites (tertiary alicyclic amines) is 1. The van der Waals surface area contributed by atoms with Gasteiger partial charge in [-0.05, 0) is 56.0 Å². The molecule has 0 unspecified atom stereocenters. The summed E-state index contributed by atoms with van der Waals surface area (Å²) in [6.07, 6.45) is 4.64. The molecule has 2 aromatic rings. The van der Waals surface area contributed by atoms with Crippen LogP contribution < -0.4 is 0 Å². The normalized spacial score (nSPS) is 15.6. The number of nitrogens with zero attached hydrogens (tertiary/aromatic N) is 1. The maximum atomic E-state index is 6.16. The van der Waals surface area contributed by atoms with Gasteiger partial charge in [0.25, 0.3) is 0 Å². The van der Waals surface area contributed by atoms with Crippen molar-refractivity contribution in [2.45, 2.75) is 25.7 Å². The summed E-state index contributed by atoms with van der Waals surface area (Å²) in [6.45, 7) is 3.39. The monoisotopic (exact) mass is 371 g/mol. The van der Waals surface area contributed by atoms with E-state index in [4.69, 9.17) is 23.2 Å². The Morgan fingerprint density at radius 2 is 1.72 bits per heavy atom. The second-order valence-corrected chi connectivity index (χ2v) is 7.41. The van der Waals surface area contributed by atoms with E-state index in [1.807, 2.05) is 12.1 Å². The highest BCUT2D eigenvalue weighted by molar-refractivity contribution is 6.42. The molecule has 130 valence electrons. The number of piperidine rings is 1. The Kier molecular flexibility index (Phi) is 6.82. The molecule has 3 heteroatoms. The van der Waals surface area contributed by atoms with Crippen LogP contribution in [-0.2, 0) is 6.42 Å². The minimum absolute atomic E-state index is 0.554. The minimum Gasteiger partial charge on any atom is -0.302 e. The highest BCUT2D eigenvalue weighted by Gasteiger charge is 2.18. The summed E-state index contributed by atoms with van der Waals surface area (Å²) < 4.78 is 0. The van der Waals surface area contributed by atoms with Gasteiger partial charge in [-0.3, -0.25) is 0 Å². The fourth-order valence-corrected chi connectivity index (χ4v) is 3.68. The maximum Gasteiger partial charge on any atom is 0.0748 e. The standard InChI is InChI=1S/C22H23Cl2N/c23-21-11-6-10-20(22(21)24)9-4-5-14-25-15-12-19(13-16-25)17-18-7-2-1-3-8-18/h1-3,6-8,10-11,19H,5,12-17H2. The Morgan fingerprint density at radius 3 is 2.48 bits per heavy atom. The molecule has 3 rings (SSSR count). The lowest BCUT2D eigenvalue weighted by atomic mass is 9.90. The van der Waals surface area contributed by atoms with Crippen molar-refractivity contribution in [3.8, 4) is 11.8 Å². The van der Waals surface area contributed by atoms with Crippen LogP contribution in [0, 0.1) is 17.8 Å². The van der Waals surface area contributed by atoms with Crippen molar-refractivity contribution < 1.29 is 0 Å². The first-order chi connectivity index (χ1) is 12.2. The van der Waals surface area contributed by atoms with Gasteiger partial charge in [0.05, 0.1) is 10.0 Å². The molecule has 1 fully saturated rings. The molecule has 1 heterocycles. The fourth-order valence-electron chi connectivity index (χ4n) is 3.33. The Morgan fingerprint density at radius 1 is 0.960 bits per heavy atom. The van der Waals surface area contributed by atoms with Gasteiger partial charge in [-0.25, -0.2) is 0 Å². The van der Waals surface area contributed by atoms with Crippen molar-refractivity contribution >= 4 is 23.2 Å². The molecule has 0 aromatic heterocycles. The van der Waals surface area contributed by atoms with Crippen LogP contribution in [0.1, 0.15) is 30.4 Å². The van der Waals surface area contributed by atoms with Crippen LogP contribution in [0.25, 0.3) is 0 Å². The van der Waals surface area contributed by atoms with E-state index in [0.29, 0.717) is 10.0 Å². The number of halogens is 2. The van der Waals surface area contributed by atoms with Gasteiger partial charge >= 0.3 is 0 Å². The highest BCUT2D eigenvalue weighted by atomic mass is 35.5. The molecule has 2 aromatic carbocycles. The van der Waals surface area contributed by atoms with Crippen LogP contribution in [-0.4, -0.2) is 24.5 Å². The van der Waals surface area contributed by atoms with Crippen LogP contribution in [0.15, 0.2) is 48.5 Å². The molecule has 1 nitrogen and oxygen atoms in total. The van der Waals surface area contributed by atoms with E-state index >= 15 is 0 Å². The van der Waals surface area contributed by atoms with Crippen LogP contribution in [0.3, 0.4) is 0 Å². The summed E-state index contributed by atoms with van der Waals surface area (Å²) in [5.41, 5.74) is 2.28. The maximum absolute atomic E-state index is 6.16. The lowest BCUT2D eigenvalue weighted by molar-refractivity contribution is 0.187. The zero-order valence-corrected chi connectivity index (χ0v) is 15.9. The van der Waals surface area contributed by atoms with E-state index in [1.54, 1.807) is 6.07 Å². The summed E-state index contributed by atoms with van der Waals surface area (Å²) in [5, 5.41) is 1.12. The second kappa shape index (κ2) is 9.30. The van der Waals surface area contributed by atoms with E-state index in [9.17, 15) is 0 Å². The summed E-state index contributed by atoms with van der Waals surface area (Å²) >= 11 is 12.2. The molecule has 25 heavy (non-hydrogen) atoms. The first kappa shape index (κ1) is 18.3. The molecule has 0 bridgehead atoms. The van der Waals surface area contributed by atoms with Crippen molar-refractivity contribution in [3.63, 3.8) is 0 Å².